The molecule has 0 aromatic heterocycles. The van der Waals surface area contributed by atoms with E-state index < -0.39 is 30.8 Å². The lowest BCUT2D eigenvalue weighted by atomic mass is 10.0. The van der Waals surface area contributed by atoms with Crippen molar-refractivity contribution in [1.29, 1.82) is 0 Å². The van der Waals surface area contributed by atoms with Gasteiger partial charge in [0.05, 0.1) is 25.2 Å². The van der Waals surface area contributed by atoms with Crippen molar-refractivity contribution in [1.82, 2.24) is 5.32 Å². The number of carbonyl (C=O) groups is 1. The fourth-order valence-corrected chi connectivity index (χ4v) is 1.06. The number of alkyl carbamates (subject to hydrolysis) is 1. The molecule has 0 bridgehead atoms. The van der Waals surface area contributed by atoms with Crippen LogP contribution in [0.15, 0.2) is 0 Å². The molecule has 17 heavy (non-hydrogen) atoms. The van der Waals surface area contributed by atoms with E-state index in [1.165, 1.54) is 0 Å². The summed E-state index contributed by atoms with van der Waals surface area (Å²) < 4.78 is 41.7. The van der Waals surface area contributed by atoms with Crippen molar-refractivity contribution in [2.24, 2.45) is 5.92 Å². The van der Waals surface area contributed by atoms with Gasteiger partial charge >= 0.3 is 12.3 Å². The van der Waals surface area contributed by atoms with E-state index in [1.807, 2.05) is 12.2 Å². The van der Waals surface area contributed by atoms with E-state index in [0.29, 0.717) is 6.42 Å². The molecule has 4 nitrogen and oxygen atoms in total. The van der Waals surface area contributed by atoms with Crippen molar-refractivity contribution in [2.45, 2.75) is 38.9 Å². The topological polar surface area (TPSA) is 58.6 Å². The monoisotopic (exact) mass is 257 g/mol. The van der Waals surface area contributed by atoms with Crippen LogP contribution in [-0.4, -0.2) is 36.6 Å². The molecule has 0 spiro atoms. The van der Waals surface area contributed by atoms with Crippen molar-refractivity contribution >= 4 is 6.09 Å². The third-order valence-electron chi connectivity index (χ3n) is 2.35. The summed E-state index contributed by atoms with van der Waals surface area (Å²) in [5.74, 6) is -1.83. The molecule has 0 saturated carbocycles. The Kier molecular flexibility index (Phi) is 6.94. The molecule has 0 aliphatic rings. The molecule has 102 valence electrons. The molecule has 2 N–H and O–H groups in total. The van der Waals surface area contributed by atoms with E-state index in [2.05, 4.69) is 4.74 Å². The van der Waals surface area contributed by atoms with Gasteiger partial charge in [-0.3, -0.25) is 0 Å². The summed E-state index contributed by atoms with van der Waals surface area (Å²) in [4.78, 5) is 11.1. The standard InChI is InChI=1S/C10H18F3NO3/c1-3-4-5-17-9(16)14-8(6-15)7(2)10(11,12)13/h7-8,15H,3-6H2,1-2H3,(H,14,16)/t7?,8-/m1/s1. The average molecular weight is 257 g/mol. The number of nitrogens with one attached hydrogen (secondary N) is 1. The Balaban J connectivity index is 4.17. The number of aliphatic hydroxyl groups is 1. The highest BCUT2D eigenvalue weighted by Crippen LogP contribution is 2.28. The van der Waals surface area contributed by atoms with Crippen LogP contribution in [0.25, 0.3) is 0 Å². The molecule has 7 heteroatoms. The number of alkyl halides is 3. The molecule has 1 unspecified atom stereocenters. The van der Waals surface area contributed by atoms with Gasteiger partial charge in [-0.1, -0.05) is 20.3 Å². The van der Waals surface area contributed by atoms with Crippen LogP contribution in [0.3, 0.4) is 0 Å². The van der Waals surface area contributed by atoms with Crippen LogP contribution in [0.1, 0.15) is 26.7 Å². The fourth-order valence-electron chi connectivity index (χ4n) is 1.06. The first-order valence-electron chi connectivity index (χ1n) is 5.43. The first kappa shape index (κ1) is 16.0. The number of hydrogen-bond donors (Lipinski definition) is 2. The number of carbonyl (C=O) groups excluding carboxylic acids is 1. The summed E-state index contributed by atoms with van der Waals surface area (Å²) in [6.45, 7) is 2.15. The van der Waals surface area contributed by atoms with Crippen LogP contribution in [0, 0.1) is 5.92 Å². The van der Waals surface area contributed by atoms with Gasteiger partial charge in [0.1, 0.15) is 0 Å². The zero-order valence-corrected chi connectivity index (χ0v) is 9.88. The minimum absolute atomic E-state index is 0.154. The Labute approximate surface area is 98.1 Å². The maximum absolute atomic E-state index is 12.3. The highest BCUT2D eigenvalue weighted by Gasteiger charge is 2.41. The molecule has 0 saturated heterocycles. The summed E-state index contributed by atoms with van der Waals surface area (Å²) in [6, 6.07) is -1.39. The second-order valence-electron chi connectivity index (χ2n) is 3.75. The number of aliphatic hydroxyl groups excluding tert-OH is 1. The maximum Gasteiger partial charge on any atom is 0.407 e. The number of halogens is 3. The highest BCUT2D eigenvalue weighted by atomic mass is 19.4. The fraction of sp³-hybridized carbons (Fsp3) is 0.900. The van der Waals surface area contributed by atoms with E-state index >= 15 is 0 Å². The molecule has 0 aromatic carbocycles. The molecule has 0 rings (SSSR count). The molecule has 0 aromatic rings. The number of hydrogen-bond acceptors (Lipinski definition) is 3. The Morgan fingerprint density at radius 3 is 2.47 bits per heavy atom. The highest BCUT2D eigenvalue weighted by molar-refractivity contribution is 5.67. The maximum atomic E-state index is 12.3. The minimum atomic E-state index is -4.47. The molecule has 0 aliphatic carbocycles. The van der Waals surface area contributed by atoms with Crippen LogP contribution >= 0.6 is 0 Å². The van der Waals surface area contributed by atoms with Crippen molar-refractivity contribution in [3.05, 3.63) is 0 Å². The Morgan fingerprint density at radius 2 is 2.06 bits per heavy atom. The third kappa shape index (κ3) is 6.35. The van der Waals surface area contributed by atoms with Crippen molar-refractivity contribution in [3.8, 4) is 0 Å². The van der Waals surface area contributed by atoms with Crippen molar-refractivity contribution in [2.75, 3.05) is 13.2 Å². The van der Waals surface area contributed by atoms with Gasteiger partial charge in [-0.25, -0.2) is 4.79 Å². The van der Waals surface area contributed by atoms with Gasteiger partial charge in [0.25, 0.3) is 0 Å². The smallest absolute Gasteiger partial charge is 0.407 e. The largest absolute Gasteiger partial charge is 0.450 e. The Bertz CT molecular complexity index is 233. The summed E-state index contributed by atoms with van der Waals surface area (Å²) in [5.41, 5.74) is 0. The lowest BCUT2D eigenvalue weighted by Gasteiger charge is -2.24. The van der Waals surface area contributed by atoms with Gasteiger partial charge in [0, 0.05) is 0 Å². The van der Waals surface area contributed by atoms with Gasteiger partial charge in [-0.2, -0.15) is 13.2 Å². The van der Waals surface area contributed by atoms with Crippen molar-refractivity contribution in [3.63, 3.8) is 0 Å². The lowest BCUT2D eigenvalue weighted by Crippen LogP contribution is -2.47. The van der Waals surface area contributed by atoms with E-state index in [1.54, 1.807) is 0 Å². The van der Waals surface area contributed by atoms with E-state index in [0.717, 1.165) is 13.3 Å². The molecule has 0 fully saturated rings. The van der Waals surface area contributed by atoms with Gasteiger partial charge < -0.3 is 15.2 Å². The lowest BCUT2D eigenvalue weighted by molar-refractivity contribution is -0.179. The second kappa shape index (κ2) is 7.37. The van der Waals surface area contributed by atoms with Gasteiger partial charge in [-0.15, -0.1) is 0 Å². The molecule has 1 amide bonds. The number of ether oxygens (including phenoxy) is 1. The first-order chi connectivity index (χ1) is 7.82. The molecular weight excluding hydrogens is 239 g/mol. The summed E-state index contributed by atoms with van der Waals surface area (Å²) in [5, 5.41) is 10.8. The van der Waals surface area contributed by atoms with Crippen LogP contribution in [0.5, 0.6) is 0 Å². The quantitative estimate of drug-likeness (QED) is 0.716. The van der Waals surface area contributed by atoms with E-state index in [9.17, 15) is 18.0 Å². The van der Waals surface area contributed by atoms with E-state index in [-0.39, 0.29) is 6.61 Å². The molecule has 0 aliphatic heterocycles. The predicted octanol–water partition coefficient (Wildman–Crippen LogP) is 2.07. The Morgan fingerprint density at radius 1 is 1.47 bits per heavy atom. The van der Waals surface area contributed by atoms with Crippen LogP contribution in [0.4, 0.5) is 18.0 Å². The van der Waals surface area contributed by atoms with Crippen molar-refractivity contribution < 1.29 is 27.8 Å². The SMILES string of the molecule is CCCCOC(=O)N[C@H](CO)C(C)C(F)(F)F. The predicted molar refractivity (Wildman–Crippen MR) is 55.5 cm³/mol. The molecule has 0 radical (unpaired) electrons. The third-order valence-corrected chi connectivity index (χ3v) is 2.35. The van der Waals surface area contributed by atoms with Crippen LogP contribution in [-0.2, 0) is 4.74 Å². The molecule has 2 atom stereocenters. The van der Waals surface area contributed by atoms with E-state index in [4.69, 9.17) is 5.11 Å². The zero-order valence-electron chi connectivity index (χ0n) is 9.88. The number of amides is 1. The summed E-state index contributed by atoms with van der Waals surface area (Å²) in [7, 11) is 0. The first-order valence-corrected chi connectivity index (χ1v) is 5.43. The normalized spacial score (nSPS) is 15.2. The summed E-state index contributed by atoms with van der Waals surface area (Å²) >= 11 is 0. The second-order valence-corrected chi connectivity index (χ2v) is 3.75. The number of rotatable bonds is 6. The van der Waals surface area contributed by atoms with Crippen LogP contribution in [0.2, 0.25) is 0 Å². The van der Waals surface area contributed by atoms with Gasteiger partial charge in [0.15, 0.2) is 0 Å². The Hall–Kier alpha value is -0.980. The van der Waals surface area contributed by atoms with Crippen LogP contribution < -0.4 is 5.32 Å². The summed E-state index contributed by atoms with van der Waals surface area (Å²) in [6.07, 6.45) is -3.94. The average Bonchev–Trinajstić information content (AvgIpc) is 2.24. The molecule has 0 heterocycles. The molecular formula is C10H18F3NO3. The van der Waals surface area contributed by atoms with Gasteiger partial charge in [-0.05, 0) is 6.42 Å². The zero-order chi connectivity index (χ0) is 13.5. The minimum Gasteiger partial charge on any atom is -0.450 e. The van der Waals surface area contributed by atoms with Gasteiger partial charge in [0.2, 0.25) is 0 Å². The number of unbranched alkanes of at least 4 members (excludes halogenated alkanes) is 1.